The van der Waals surface area contributed by atoms with Crippen LogP contribution >= 0.6 is 0 Å². The predicted octanol–water partition coefficient (Wildman–Crippen LogP) is 1.40. The first kappa shape index (κ1) is 11.7. The van der Waals surface area contributed by atoms with Gasteiger partial charge in [0.05, 0.1) is 30.4 Å². The van der Waals surface area contributed by atoms with Crippen LogP contribution in [0.15, 0.2) is 30.5 Å². The lowest BCUT2D eigenvalue weighted by atomic mass is 9.94. The Labute approximate surface area is 107 Å². The molecule has 2 aromatic rings. The lowest BCUT2D eigenvalue weighted by Gasteiger charge is -2.32. The summed E-state index contributed by atoms with van der Waals surface area (Å²) in [5.74, 6) is 0.565. The number of hydrogen-bond donors (Lipinski definition) is 2. The number of para-hydroxylation sites is 1. The van der Waals surface area contributed by atoms with Gasteiger partial charge in [0, 0.05) is 5.39 Å². The van der Waals surface area contributed by atoms with Crippen LogP contribution < -0.4 is 5.32 Å². The molecule has 3 rings (SSSR count). The molecule has 18 heavy (non-hydrogen) atoms. The van der Waals surface area contributed by atoms with Gasteiger partial charge in [0.1, 0.15) is 0 Å². The zero-order valence-electron chi connectivity index (χ0n) is 10.6. The van der Waals surface area contributed by atoms with Crippen LogP contribution in [0.4, 0.5) is 0 Å². The van der Waals surface area contributed by atoms with Gasteiger partial charge >= 0.3 is 0 Å². The van der Waals surface area contributed by atoms with Crippen molar-refractivity contribution in [1.82, 2.24) is 15.1 Å². The molecule has 0 radical (unpaired) electrons. The first-order valence-corrected chi connectivity index (χ1v) is 6.49. The number of rotatable bonds is 5. The molecule has 0 bridgehead atoms. The van der Waals surface area contributed by atoms with Crippen molar-refractivity contribution >= 4 is 10.9 Å². The molecule has 1 aliphatic carbocycles. The van der Waals surface area contributed by atoms with Gasteiger partial charge in [-0.25, -0.2) is 0 Å². The molecule has 1 saturated carbocycles. The summed E-state index contributed by atoms with van der Waals surface area (Å²) in [6.07, 6.45) is 4.28. The minimum Gasteiger partial charge on any atom is -0.394 e. The van der Waals surface area contributed by atoms with E-state index in [1.165, 1.54) is 12.8 Å². The van der Waals surface area contributed by atoms with Gasteiger partial charge in [0.25, 0.3) is 0 Å². The Balaban J connectivity index is 1.95. The Hall–Kier alpha value is -1.39. The molecular weight excluding hydrogens is 226 g/mol. The van der Waals surface area contributed by atoms with Crippen molar-refractivity contribution in [2.75, 3.05) is 13.7 Å². The molecule has 0 amide bonds. The molecule has 1 aromatic carbocycles. The van der Waals surface area contributed by atoms with E-state index in [1.54, 1.807) is 0 Å². The van der Waals surface area contributed by atoms with Gasteiger partial charge in [0.15, 0.2) is 0 Å². The normalized spacial score (nSPS) is 19.0. The Kier molecular flexibility index (Phi) is 2.84. The standard InChI is InChI=1S/C14H19N3O/c1-15-14(10-18,12-6-7-12)9-17-13-5-3-2-4-11(13)8-16-17/h2-5,8,12,15,18H,6-7,9-10H2,1H3. The summed E-state index contributed by atoms with van der Waals surface area (Å²) in [6.45, 7) is 0.876. The van der Waals surface area contributed by atoms with Crippen LogP contribution in [0.25, 0.3) is 10.9 Å². The van der Waals surface area contributed by atoms with Crippen molar-refractivity contribution in [3.63, 3.8) is 0 Å². The number of aliphatic hydroxyl groups excluding tert-OH is 1. The highest BCUT2D eigenvalue weighted by Crippen LogP contribution is 2.40. The van der Waals surface area contributed by atoms with Gasteiger partial charge in [-0.2, -0.15) is 5.10 Å². The number of aromatic nitrogens is 2. The molecule has 1 heterocycles. The van der Waals surface area contributed by atoms with Crippen LogP contribution in [0.1, 0.15) is 12.8 Å². The quantitative estimate of drug-likeness (QED) is 0.837. The fourth-order valence-electron chi connectivity index (χ4n) is 2.73. The largest absolute Gasteiger partial charge is 0.394 e. The maximum Gasteiger partial charge on any atom is 0.0683 e. The van der Waals surface area contributed by atoms with Gasteiger partial charge in [-0.15, -0.1) is 0 Å². The van der Waals surface area contributed by atoms with Gasteiger partial charge in [-0.3, -0.25) is 4.68 Å². The first-order valence-electron chi connectivity index (χ1n) is 6.49. The van der Waals surface area contributed by atoms with Crippen molar-refractivity contribution in [3.8, 4) is 0 Å². The average molecular weight is 245 g/mol. The summed E-state index contributed by atoms with van der Waals surface area (Å²) in [5.41, 5.74) is 0.903. The lowest BCUT2D eigenvalue weighted by molar-refractivity contribution is 0.127. The fourth-order valence-corrected chi connectivity index (χ4v) is 2.73. The zero-order chi connectivity index (χ0) is 12.6. The maximum absolute atomic E-state index is 9.75. The monoisotopic (exact) mass is 245 g/mol. The molecule has 1 aliphatic rings. The fraction of sp³-hybridized carbons (Fsp3) is 0.500. The summed E-state index contributed by atoms with van der Waals surface area (Å²) in [6, 6.07) is 8.19. The highest BCUT2D eigenvalue weighted by atomic mass is 16.3. The minimum absolute atomic E-state index is 0.155. The summed E-state index contributed by atoms with van der Waals surface area (Å²) >= 11 is 0. The van der Waals surface area contributed by atoms with Crippen LogP contribution in [-0.2, 0) is 6.54 Å². The highest BCUT2D eigenvalue weighted by Gasteiger charge is 2.44. The summed E-state index contributed by atoms with van der Waals surface area (Å²) < 4.78 is 2.00. The third-order valence-corrected chi connectivity index (χ3v) is 4.12. The SMILES string of the molecule is CNC(CO)(Cn1ncc2ccccc21)C1CC1. The van der Waals surface area contributed by atoms with Crippen molar-refractivity contribution in [3.05, 3.63) is 30.5 Å². The Morgan fingerprint density at radius 2 is 2.22 bits per heavy atom. The molecule has 96 valence electrons. The molecule has 0 aliphatic heterocycles. The zero-order valence-corrected chi connectivity index (χ0v) is 10.6. The van der Waals surface area contributed by atoms with Crippen molar-refractivity contribution in [1.29, 1.82) is 0 Å². The van der Waals surface area contributed by atoms with Gasteiger partial charge in [-0.05, 0) is 31.9 Å². The lowest BCUT2D eigenvalue weighted by Crippen LogP contribution is -2.52. The number of aliphatic hydroxyl groups is 1. The molecule has 1 unspecified atom stereocenters. The molecule has 1 aromatic heterocycles. The van der Waals surface area contributed by atoms with E-state index < -0.39 is 0 Å². The van der Waals surface area contributed by atoms with Crippen LogP contribution in [-0.4, -0.2) is 34.1 Å². The van der Waals surface area contributed by atoms with E-state index >= 15 is 0 Å². The van der Waals surface area contributed by atoms with E-state index in [9.17, 15) is 5.11 Å². The van der Waals surface area contributed by atoms with Crippen LogP contribution in [0.5, 0.6) is 0 Å². The van der Waals surface area contributed by atoms with E-state index in [4.69, 9.17) is 0 Å². The minimum atomic E-state index is -0.227. The first-order chi connectivity index (χ1) is 8.79. The second-order valence-corrected chi connectivity index (χ2v) is 5.20. The molecule has 1 atom stereocenters. The maximum atomic E-state index is 9.75. The third kappa shape index (κ3) is 1.82. The molecule has 2 N–H and O–H groups in total. The number of nitrogens with one attached hydrogen (secondary N) is 1. The number of likely N-dealkylation sites (N-methyl/N-ethyl adjacent to an activating group) is 1. The molecule has 4 heteroatoms. The molecule has 0 spiro atoms. The third-order valence-electron chi connectivity index (χ3n) is 4.12. The van der Waals surface area contributed by atoms with Crippen molar-refractivity contribution in [2.24, 2.45) is 5.92 Å². The predicted molar refractivity (Wildman–Crippen MR) is 71.3 cm³/mol. The van der Waals surface area contributed by atoms with Crippen LogP contribution in [0.3, 0.4) is 0 Å². The molecule has 1 fully saturated rings. The number of nitrogens with zero attached hydrogens (tertiary/aromatic N) is 2. The van der Waals surface area contributed by atoms with E-state index in [0.29, 0.717) is 5.92 Å². The van der Waals surface area contributed by atoms with Gasteiger partial charge < -0.3 is 10.4 Å². The van der Waals surface area contributed by atoms with Crippen molar-refractivity contribution < 1.29 is 5.11 Å². The summed E-state index contributed by atoms with van der Waals surface area (Å²) in [5, 5.41) is 18.7. The topological polar surface area (TPSA) is 50.1 Å². The second kappa shape index (κ2) is 4.37. The Morgan fingerprint density at radius 3 is 2.89 bits per heavy atom. The molecular formula is C14H19N3O. The number of hydrogen-bond acceptors (Lipinski definition) is 3. The van der Waals surface area contributed by atoms with E-state index in [2.05, 4.69) is 22.5 Å². The van der Waals surface area contributed by atoms with E-state index in [-0.39, 0.29) is 12.1 Å². The Bertz CT molecular complexity index is 541. The second-order valence-electron chi connectivity index (χ2n) is 5.20. The number of benzene rings is 1. The van der Waals surface area contributed by atoms with Crippen LogP contribution in [0, 0.1) is 5.92 Å². The number of fused-ring (bicyclic) bond motifs is 1. The van der Waals surface area contributed by atoms with E-state index in [1.807, 2.05) is 30.1 Å². The average Bonchev–Trinajstić information content (AvgIpc) is 3.20. The van der Waals surface area contributed by atoms with Gasteiger partial charge in [0.2, 0.25) is 0 Å². The molecule has 0 saturated heterocycles. The van der Waals surface area contributed by atoms with E-state index in [0.717, 1.165) is 17.4 Å². The van der Waals surface area contributed by atoms with Crippen molar-refractivity contribution in [2.45, 2.75) is 24.9 Å². The highest BCUT2D eigenvalue weighted by molar-refractivity contribution is 5.78. The molecule has 4 nitrogen and oxygen atoms in total. The smallest absolute Gasteiger partial charge is 0.0683 e. The summed E-state index contributed by atoms with van der Waals surface area (Å²) in [7, 11) is 1.93. The Morgan fingerprint density at radius 1 is 1.44 bits per heavy atom. The van der Waals surface area contributed by atoms with Crippen LogP contribution in [0.2, 0.25) is 0 Å². The summed E-state index contributed by atoms with van der Waals surface area (Å²) in [4.78, 5) is 0. The van der Waals surface area contributed by atoms with Gasteiger partial charge in [-0.1, -0.05) is 18.2 Å².